The molecule has 0 unspecified atom stereocenters. The third-order valence-corrected chi connectivity index (χ3v) is 3.02. The number of aromatic nitrogens is 1. The highest BCUT2D eigenvalue weighted by Crippen LogP contribution is 2.20. The number of carbonyl (C=O) groups excluding carboxylic acids is 1. The Morgan fingerprint density at radius 1 is 1.30 bits per heavy atom. The summed E-state index contributed by atoms with van der Waals surface area (Å²) in [6, 6.07) is 10.2. The van der Waals surface area contributed by atoms with Crippen LogP contribution in [-0.4, -0.2) is 17.0 Å². The van der Waals surface area contributed by atoms with Crippen LogP contribution >= 0.6 is 23.2 Å². The molecule has 0 bridgehead atoms. The Morgan fingerprint density at radius 2 is 2.10 bits per heavy atom. The van der Waals surface area contributed by atoms with Crippen LogP contribution in [0.15, 0.2) is 42.6 Å². The highest BCUT2D eigenvalue weighted by molar-refractivity contribution is 6.33. The lowest BCUT2D eigenvalue weighted by molar-refractivity contribution is -0.122. The lowest BCUT2D eigenvalue weighted by Crippen LogP contribution is -2.30. The van der Waals surface area contributed by atoms with Gasteiger partial charge in [0.2, 0.25) is 0 Å². The quantitative estimate of drug-likeness (QED) is 0.934. The molecule has 4 nitrogen and oxygen atoms in total. The second kappa shape index (κ2) is 6.59. The van der Waals surface area contributed by atoms with Crippen LogP contribution in [0.2, 0.25) is 10.0 Å². The van der Waals surface area contributed by atoms with E-state index >= 15 is 0 Å². The minimum Gasteiger partial charge on any atom is -0.481 e. The molecule has 1 heterocycles. The molecule has 6 heteroatoms. The van der Waals surface area contributed by atoms with Gasteiger partial charge in [0.25, 0.3) is 5.91 Å². The third-order valence-electron chi connectivity index (χ3n) is 2.48. The lowest BCUT2D eigenvalue weighted by Gasteiger charge is -2.14. The summed E-state index contributed by atoms with van der Waals surface area (Å²) in [5, 5.41) is 3.52. The first kappa shape index (κ1) is 14.6. The van der Waals surface area contributed by atoms with Crippen LogP contribution in [0.25, 0.3) is 0 Å². The van der Waals surface area contributed by atoms with Crippen molar-refractivity contribution in [1.29, 1.82) is 0 Å². The summed E-state index contributed by atoms with van der Waals surface area (Å²) in [5.74, 6) is 0.485. The van der Waals surface area contributed by atoms with Gasteiger partial charge in [-0.3, -0.25) is 4.79 Å². The summed E-state index contributed by atoms with van der Waals surface area (Å²) in [7, 11) is 0. The summed E-state index contributed by atoms with van der Waals surface area (Å²) < 4.78 is 5.50. The average Bonchev–Trinajstić information content (AvgIpc) is 2.41. The van der Waals surface area contributed by atoms with Crippen molar-refractivity contribution < 1.29 is 9.53 Å². The van der Waals surface area contributed by atoms with Gasteiger partial charge >= 0.3 is 0 Å². The van der Waals surface area contributed by atoms with Gasteiger partial charge in [-0.2, -0.15) is 0 Å². The van der Waals surface area contributed by atoms with Gasteiger partial charge in [0.1, 0.15) is 5.75 Å². The van der Waals surface area contributed by atoms with E-state index in [1.54, 1.807) is 49.5 Å². The molecule has 0 fully saturated rings. The van der Waals surface area contributed by atoms with Gasteiger partial charge in [0, 0.05) is 11.2 Å². The molecule has 0 aliphatic carbocycles. The summed E-state index contributed by atoms with van der Waals surface area (Å²) in [6.45, 7) is 1.63. The van der Waals surface area contributed by atoms with Gasteiger partial charge in [0.15, 0.2) is 11.9 Å². The van der Waals surface area contributed by atoms with Crippen LogP contribution in [0.1, 0.15) is 6.92 Å². The van der Waals surface area contributed by atoms with E-state index in [1.165, 1.54) is 0 Å². The molecular weight excluding hydrogens is 299 g/mol. The largest absolute Gasteiger partial charge is 0.481 e. The number of halogens is 2. The van der Waals surface area contributed by atoms with Gasteiger partial charge in [-0.15, -0.1) is 0 Å². The van der Waals surface area contributed by atoms with Gasteiger partial charge in [0.05, 0.1) is 5.02 Å². The van der Waals surface area contributed by atoms with Crippen molar-refractivity contribution in [3.8, 4) is 5.75 Å². The zero-order valence-electron chi connectivity index (χ0n) is 10.6. The van der Waals surface area contributed by atoms with E-state index in [9.17, 15) is 4.79 Å². The number of hydrogen-bond donors (Lipinski definition) is 1. The number of pyridine rings is 1. The van der Waals surface area contributed by atoms with Crippen LogP contribution in [-0.2, 0) is 4.79 Å². The van der Waals surface area contributed by atoms with Gasteiger partial charge in [-0.1, -0.05) is 29.3 Å². The molecule has 1 aromatic carbocycles. The van der Waals surface area contributed by atoms with Crippen LogP contribution in [0.5, 0.6) is 5.75 Å². The fraction of sp³-hybridized carbons (Fsp3) is 0.143. The number of nitrogens with one attached hydrogen (secondary N) is 1. The van der Waals surface area contributed by atoms with Crippen LogP contribution in [0.3, 0.4) is 0 Å². The fourth-order valence-corrected chi connectivity index (χ4v) is 1.84. The highest BCUT2D eigenvalue weighted by Gasteiger charge is 2.16. The predicted octanol–water partition coefficient (Wildman–Crippen LogP) is 3.79. The van der Waals surface area contributed by atoms with Crippen LogP contribution < -0.4 is 10.1 Å². The van der Waals surface area contributed by atoms with E-state index in [1.807, 2.05) is 0 Å². The Kier molecular flexibility index (Phi) is 4.82. The molecule has 1 aromatic heterocycles. The number of carbonyl (C=O) groups is 1. The molecule has 104 valence electrons. The van der Waals surface area contributed by atoms with Crippen molar-refractivity contribution in [2.75, 3.05) is 5.32 Å². The Labute approximate surface area is 126 Å². The Balaban J connectivity index is 2.01. The van der Waals surface area contributed by atoms with Crippen molar-refractivity contribution >= 4 is 34.9 Å². The molecule has 0 saturated carbocycles. The maximum absolute atomic E-state index is 12.0. The highest BCUT2D eigenvalue weighted by atomic mass is 35.5. The Hall–Kier alpha value is -1.78. The van der Waals surface area contributed by atoms with E-state index in [0.717, 1.165) is 0 Å². The number of hydrogen-bond acceptors (Lipinski definition) is 3. The van der Waals surface area contributed by atoms with Crippen molar-refractivity contribution in [3.63, 3.8) is 0 Å². The Bertz CT molecular complexity index is 620. The number of anilines is 1. The SMILES string of the molecule is C[C@@H](Oc1cccc(Cl)c1)C(=O)Nc1ncccc1Cl. The molecule has 0 spiro atoms. The minimum atomic E-state index is -0.702. The molecular formula is C14H12Cl2N2O2. The van der Waals surface area contributed by atoms with E-state index in [0.29, 0.717) is 21.6 Å². The third kappa shape index (κ3) is 3.85. The van der Waals surface area contributed by atoms with Gasteiger partial charge < -0.3 is 10.1 Å². The van der Waals surface area contributed by atoms with E-state index in [-0.39, 0.29) is 5.91 Å². The predicted molar refractivity (Wildman–Crippen MR) is 79.4 cm³/mol. The second-order valence-corrected chi connectivity index (χ2v) is 4.88. The number of benzene rings is 1. The zero-order chi connectivity index (χ0) is 14.5. The smallest absolute Gasteiger partial charge is 0.266 e. The summed E-state index contributed by atoms with van der Waals surface area (Å²) >= 11 is 11.8. The zero-order valence-corrected chi connectivity index (χ0v) is 12.2. The van der Waals surface area contributed by atoms with Crippen LogP contribution in [0, 0.1) is 0 Å². The molecule has 0 aliphatic heterocycles. The number of rotatable bonds is 4. The van der Waals surface area contributed by atoms with Crippen molar-refractivity contribution in [3.05, 3.63) is 52.6 Å². The fourth-order valence-electron chi connectivity index (χ4n) is 1.49. The molecule has 1 atom stereocenters. The van der Waals surface area contributed by atoms with E-state index in [4.69, 9.17) is 27.9 Å². The molecule has 2 aromatic rings. The minimum absolute atomic E-state index is 0.306. The first-order chi connectivity index (χ1) is 9.56. The molecule has 20 heavy (non-hydrogen) atoms. The maximum Gasteiger partial charge on any atom is 0.266 e. The monoisotopic (exact) mass is 310 g/mol. The molecule has 1 amide bonds. The molecule has 1 N–H and O–H groups in total. The van der Waals surface area contributed by atoms with E-state index in [2.05, 4.69) is 10.3 Å². The molecule has 0 aliphatic rings. The standard InChI is InChI=1S/C14H12Cl2N2O2/c1-9(20-11-5-2-4-10(15)8-11)14(19)18-13-12(16)6-3-7-17-13/h2-9H,1H3,(H,17,18,19)/t9-/m1/s1. The first-order valence-corrected chi connectivity index (χ1v) is 6.65. The van der Waals surface area contributed by atoms with Crippen molar-refractivity contribution in [1.82, 2.24) is 4.98 Å². The number of nitrogens with zero attached hydrogens (tertiary/aromatic N) is 1. The Morgan fingerprint density at radius 3 is 2.80 bits per heavy atom. The van der Waals surface area contributed by atoms with E-state index < -0.39 is 6.10 Å². The topological polar surface area (TPSA) is 51.2 Å². The summed E-state index contributed by atoms with van der Waals surface area (Å²) in [5.41, 5.74) is 0. The van der Waals surface area contributed by atoms with Gasteiger partial charge in [-0.25, -0.2) is 4.98 Å². The van der Waals surface area contributed by atoms with Crippen molar-refractivity contribution in [2.24, 2.45) is 0 Å². The molecule has 2 rings (SSSR count). The molecule has 0 radical (unpaired) electrons. The van der Waals surface area contributed by atoms with Gasteiger partial charge in [-0.05, 0) is 37.3 Å². The molecule has 0 saturated heterocycles. The number of ether oxygens (including phenoxy) is 1. The normalized spacial score (nSPS) is 11.8. The van der Waals surface area contributed by atoms with Crippen LogP contribution in [0.4, 0.5) is 5.82 Å². The first-order valence-electron chi connectivity index (χ1n) is 5.90. The summed E-state index contributed by atoms with van der Waals surface area (Å²) in [4.78, 5) is 16.0. The summed E-state index contributed by atoms with van der Waals surface area (Å²) in [6.07, 6.45) is 0.843. The average molecular weight is 311 g/mol. The second-order valence-electron chi connectivity index (χ2n) is 4.04. The lowest BCUT2D eigenvalue weighted by atomic mass is 10.3. The maximum atomic E-state index is 12.0. The number of amides is 1. The van der Waals surface area contributed by atoms with Crippen molar-refractivity contribution in [2.45, 2.75) is 13.0 Å².